The summed E-state index contributed by atoms with van der Waals surface area (Å²) in [6.07, 6.45) is 11.8. The van der Waals surface area contributed by atoms with Crippen LogP contribution in [-0.4, -0.2) is 102 Å². The van der Waals surface area contributed by atoms with Gasteiger partial charge >= 0.3 is 0 Å². The minimum absolute atomic E-state index is 0.155. The summed E-state index contributed by atoms with van der Waals surface area (Å²) < 4.78 is 0. The molecule has 2 aliphatic heterocycles. The van der Waals surface area contributed by atoms with Gasteiger partial charge in [0.1, 0.15) is 24.2 Å². The lowest BCUT2D eigenvalue weighted by Crippen LogP contribution is -2.59. The number of nitrogens with zero attached hydrogens (tertiary/aromatic N) is 2. The van der Waals surface area contributed by atoms with Gasteiger partial charge in [-0.05, 0) is 130 Å². The van der Waals surface area contributed by atoms with Crippen molar-refractivity contribution < 1.29 is 28.8 Å². The SMILES string of the molecule is CN[C@@H](C)C(=O)N[C@@H](CC1CCCCC1)C(=O)N1Cc2cc([C@H]3C[C@@H](C(=O)N[C@@H]4CCCc5ccccc54)N(C(=O)[C@@H](NC(=O)[C@H](C)NC)C(C)(C)C)C3)ccc2C[C@H]1C(=O)N[C@@H]1CCCc2ccccc21. The van der Waals surface area contributed by atoms with E-state index in [1.54, 1.807) is 37.7 Å². The molecule has 6 N–H and O–H groups in total. The molecule has 9 atom stereocenters. The molecule has 3 aromatic carbocycles. The highest BCUT2D eigenvalue weighted by atomic mass is 16.2. The van der Waals surface area contributed by atoms with E-state index in [-0.39, 0.29) is 72.5 Å². The summed E-state index contributed by atoms with van der Waals surface area (Å²) in [5.41, 5.74) is 6.76. The number of likely N-dealkylation sites (N-methyl/N-ethyl adjacent to an activating group) is 2. The standard InChI is InChI=1S/C58H80N8O6/c1-35(59-6)52(67)63-48(29-37-17-9-8-10-18-37)56(71)65-33-42-30-40(27-28-41(42)31-49(65)54(69)61-46-25-15-21-38-19-11-13-23-44(38)46)43-32-50(55(70)62-47-26-16-22-39-20-12-14-24-45(39)47)66(34-43)57(72)51(58(3,4)5)64-53(68)36(2)60-7/h11-14,19-20,23-24,27-28,30,35-37,43,46-51,59-60H,8-10,15-18,21-22,25-26,29,31-34H2,1-7H3,(H,61,69)(H,62,70)(H,63,67)(H,64,68)/t35-,36-,43-,46+,47+,48-,49-,50-,51+/m0/s1. The predicted octanol–water partition coefficient (Wildman–Crippen LogP) is 6.21. The Morgan fingerprint density at radius 2 is 1.19 bits per heavy atom. The van der Waals surface area contributed by atoms with Gasteiger partial charge in [0.05, 0.1) is 24.2 Å². The molecule has 72 heavy (non-hydrogen) atoms. The van der Waals surface area contributed by atoms with Crippen LogP contribution in [0.25, 0.3) is 0 Å². The third-order valence-electron chi connectivity index (χ3n) is 16.6. The summed E-state index contributed by atoms with van der Waals surface area (Å²) in [5, 5.41) is 18.9. The summed E-state index contributed by atoms with van der Waals surface area (Å²) in [4.78, 5) is 90.3. The first-order valence-electron chi connectivity index (χ1n) is 27.0. The summed E-state index contributed by atoms with van der Waals surface area (Å²) in [6.45, 7) is 9.69. The van der Waals surface area contributed by atoms with Crippen molar-refractivity contribution in [1.82, 2.24) is 41.7 Å². The first-order chi connectivity index (χ1) is 34.5. The van der Waals surface area contributed by atoms with Gasteiger partial charge in [-0.3, -0.25) is 28.8 Å². The Kier molecular flexibility index (Phi) is 16.9. The van der Waals surface area contributed by atoms with E-state index in [0.717, 1.165) is 98.4 Å². The molecule has 0 bridgehead atoms. The zero-order chi connectivity index (χ0) is 51.3. The molecule has 5 aliphatic rings. The fourth-order valence-corrected chi connectivity index (χ4v) is 12.1. The average Bonchev–Trinajstić information content (AvgIpc) is 3.85. The minimum Gasteiger partial charge on any atom is -0.347 e. The summed E-state index contributed by atoms with van der Waals surface area (Å²) in [6, 6.07) is 17.9. The maximum atomic E-state index is 15.3. The van der Waals surface area contributed by atoms with Crippen LogP contribution in [0.2, 0.25) is 0 Å². The van der Waals surface area contributed by atoms with Crippen LogP contribution in [0.5, 0.6) is 0 Å². The number of benzene rings is 3. The second-order valence-electron chi connectivity index (χ2n) is 22.6. The highest BCUT2D eigenvalue weighted by Gasteiger charge is 2.47. The van der Waals surface area contributed by atoms with Gasteiger partial charge in [0.25, 0.3) is 0 Å². The lowest BCUT2D eigenvalue weighted by atomic mass is 9.83. The number of hydrogen-bond acceptors (Lipinski definition) is 8. The number of carbonyl (C=O) groups excluding carboxylic acids is 6. The number of rotatable bonds is 15. The normalized spacial score (nSPS) is 23.8. The van der Waals surface area contributed by atoms with E-state index in [0.29, 0.717) is 19.3 Å². The van der Waals surface area contributed by atoms with Crippen molar-refractivity contribution in [3.8, 4) is 0 Å². The monoisotopic (exact) mass is 985 g/mol. The van der Waals surface area contributed by atoms with Gasteiger partial charge < -0.3 is 41.7 Å². The summed E-state index contributed by atoms with van der Waals surface area (Å²) in [5.74, 6) is -1.55. The predicted molar refractivity (Wildman–Crippen MR) is 279 cm³/mol. The minimum atomic E-state index is -0.906. The van der Waals surface area contributed by atoms with Crippen LogP contribution in [0.3, 0.4) is 0 Å². The number of aryl methyl sites for hydroxylation is 2. The third kappa shape index (κ3) is 11.9. The van der Waals surface area contributed by atoms with Crippen LogP contribution in [0.15, 0.2) is 66.7 Å². The Bertz CT molecular complexity index is 2460. The number of carbonyl (C=O) groups is 6. The molecule has 3 aliphatic carbocycles. The van der Waals surface area contributed by atoms with Gasteiger partial charge in [-0.2, -0.15) is 0 Å². The molecule has 1 saturated carbocycles. The topological polar surface area (TPSA) is 181 Å². The maximum Gasteiger partial charge on any atom is 0.246 e. The van der Waals surface area contributed by atoms with E-state index in [4.69, 9.17) is 0 Å². The highest BCUT2D eigenvalue weighted by molar-refractivity contribution is 5.95. The fourth-order valence-electron chi connectivity index (χ4n) is 12.1. The Morgan fingerprint density at radius 3 is 1.78 bits per heavy atom. The van der Waals surface area contributed by atoms with Crippen molar-refractivity contribution in [2.45, 2.75) is 185 Å². The number of fused-ring (bicyclic) bond motifs is 3. The molecule has 8 rings (SSSR count). The molecule has 1 saturated heterocycles. The van der Waals surface area contributed by atoms with Crippen LogP contribution >= 0.6 is 0 Å². The Morgan fingerprint density at radius 1 is 0.625 bits per heavy atom. The van der Waals surface area contributed by atoms with Crippen LogP contribution in [0.4, 0.5) is 0 Å². The molecular weight excluding hydrogens is 905 g/mol. The molecule has 0 spiro atoms. The first-order valence-corrected chi connectivity index (χ1v) is 27.0. The number of hydrogen-bond donors (Lipinski definition) is 6. The largest absolute Gasteiger partial charge is 0.347 e. The van der Waals surface area contributed by atoms with Crippen molar-refractivity contribution in [2.75, 3.05) is 20.6 Å². The van der Waals surface area contributed by atoms with Gasteiger partial charge in [-0.25, -0.2) is 0 Å². The van der Waals surface area contributed by atoms with Gasteiger partial charge in [0.15, 0.2) is 0 Å². The zero-order valence-corrected chi connectivity index (χ0v) is 43.8. The average molecular weight is 985 g/mol. The van der Waals surface area contributed by atoms with E-state index in [1.807, 2.05) is 51.1 Å². The van der Waals surface area contributed by atoms with Crippen molar-refractivity contribution >= 4 is 35.4 Å². The number of amides is 6. The lowest BCUT2D eigenvalue weighted by molar-refractivity contribution is -0.145. The Labute approximate surface area is 427 Å². The van der Waals surface area contributed by atoms with E-state index in [2.05, 4.69) is 68.3 Å². The second-order valence-corrected chi connectivity index (χ2v) is 22.6. The smallest absolute Gasteiger partial charge is 0.246 e. The van der Waals surface area contributed by atoms with Crippen LogP contribution in [0, 0.1) is 11.3 Å². The van der Waals surface area contributed by atoms with Crippen LogP contribution in [-0.2, 0) is 54.6 Å². The van der Waals surface area contributed by atoms with Crippen LogP contribution < -0.4 is 31.9 Å². The molecule has 2 heterocycles. The second kappa shape index (κ2) is 23.1. The van der Waals surface area contributed by atoms with E-state index in [1.165, 1.54) is 11.1 Å². The molecule has 0 aromatic heterocycles. The van der Waals surface area contributed by atoms with Gasteiger partial charge in [0.2, 0.25) is 35.4 Å². The molecule has 2 fully saturated rings. The Hall–Kier alpha value is -5.60. The maximum absolute atomic E-state index is 15.3. The molecule has 14 heteroatoms. The molecule has 0 unspecified atom stereocenters. The van der Waals surface area contributed by atoms with Crippen molar-refractivity contribution in [2.24, 2.45) is 11.3 Å². The molecule has 0 radical (unpaired) electrons. The van der Waals surface area contributed by atoms with Crippen molar-refractivity contribution in [3.63, 3.8) is 0 Å². The van der Waals surface area contributed by atoms with E-state index >= 15 is 9.59 Å². The molecule has 6 amide bonds. The fraction of sp³-hybridized carbons (Fsp3) is 0.586. The summed E-state index contributed by atoms with van der Waals surface area (Å²) >= 11 is 0. The van der Waals surface area contributed by atoms with Crippen LogP contribution in [0.1, 0.15) is 162 Å². The van der Waals surface area contributed by atoms with E-state index < -0.39 is 41.7 Å². The molecule has 388 valence electrons. The molecular formula is C58H80N8O6. The Balaban J connectivity index is 1.12. The third-order valence-corrected chi connectivity index (χ3v) is 16.6. The van der Waals surface area contributed by atoms with Gasteiger partial charge in [-0.1, -0.05) is 120 Å². The zero-order valence-electron chi connectivity index (χ0n) is 43.8. The quantitative estimate of drug-likeness (QED) is 0.104. The van der Waals surface area contributed by atoms with Crippen molar-refractivity contribution in [3.05, 3.63) is 106 Å². The van der Waals surface area contributed by atoms with Gasteiger partial charge in [0, 0.05) is 25.4 Å². The number of likely N-dealkylation sites (tertiary alicyclic amines) is 1. The summed E-state index contributed by atoms with van der Waals surface area (Å²) in [7, 11) is 3.42. The van der Waals surface area contributed by atoms with E-state index in [9.17, 15) is 19.2 Å². The van der Waals surface area contributed by atoms with Crippen molar-refractivity contribution in [1.29, 1.82) is 0 Å². The molecule has 14 nitrogen and oxygen atoms in total. The molecule has 3 aromatic rings. The van der Waals surface area contributed by atoms with Gasteiger partial charge in [-0.15, -0.1) is 0 Å². The number of nitrogens with one attached hydrogen (secondary N) is 6. The highest BCUT2D eigenvalue weighted by Crippen LogP contribution is 2.39. The lowest BCUT2D eigenvalue weighted by Gasteiger charge is -2.40. The first kappa shape index (κ1) is 52.7.